The minimum absolute atomic E-state index is 0.0192. The summed E-state index contributed by atoms with van der Waals surface area (Å²) in [5.41, 5.74) is 8.21. The quantitative estimate of drug-likeness (QED) is 0.856. The predicted octanol–water partition coefficient (Wildman–Crippen LogP) is 2.74. The summed E-state index contributed by atoms with van der Waals surface area (Å²) in [6.07, 6.45) is 4.51. The monoisotopic (exact) mass is 283 g/mol. The van der Waals surface area contributed by atoms with E-state index in [1.54, 1.807) is 12.4 Å². The third-order valence-corrected chi connectivity index (χ3v) is 3.49. The molecule has 2 aromatic rings. The summed E-state index contributed by atoms with van der Waals surface area (Å²) in [6.45, 7) is 1.96. The lowest BCUT2D eigenvalue weighted by atomic mass is 10.0. The van der Waals surface area contributed by atoms with E-state index in [2.05, 4.69) is 10.3 Å². The number of nitrogens with one attached hydrogen (secondary N) is 1. The third kappa shape index (κ3) is 4.68. The average Bonchev–Trinajstić information content (AvgIpc) is 2.54. The van der Waals surface area contributed by atoms with Crippen LogP contribution in [0.15, 0.2) is 54.9 Å². The van der Waals surface area contributed by atoms with Gasteiger partial charge in [0.2, 0.25) is 5.91 Å². The molecule has 2 rings (SSSR count). The summed E-state index contributed by atoms with van der Waals surface area (Å²) in [4.78, 5) is 16.0. The number of pyridine rings is 1. The van der Waals surface area contributed by atoms with E-state index in [-0.39, 0.29) is 18.0 Å². The Morgan fingerprint density at radius 3 is 2.48 bits per heavy atom. The molecule has 0 aliphatic carbocycles. The molecule has 0 spiro atoms. The Morgan fingerprint density at radius 2 is 1.81 bits per heavy atom. The van der Waals surface area contributed by atoms with Crippen molar-refractivity contribution < 1.29 is 4.79 Å². The molecule has 0 radical (unpaired) electrons. The van der Waals surface area contributed by atoms with E-state index in [0.717, 1.165) is 11.1 Å². The molecular formula is C17H21N3O. The fraction of sp³-hybridized carbons (Fsp3) is 0.294. The Bertz CT molecular complexity index is 557. The van der Waals surface area contributed by atoms with Gasteiger partial charge in [-0.3, -0.25) is 9.78 Å². The van der Waals surface area contributed by atoms with Crippen molar-refractivity contribution in [2.75, 3.05) is 0 Å². The standard InChI is InChI=1S/C17H21N3O/c1-13(14-9-11-19-12-10-14)20-17(21)8-7-16(18)15-5-3-2-4-6-15/h2-6,9-13,16H,7-8,18H2,1H3,(H,20,21)/t13-,16?/m1/s1. The largest absolute Gasteiger partial charge is 0.350 e. The summed E-state index contributed by atoms with van der Waals surface area (Å²) in [5, 5.41) is 2.98. The van der Waals surface area contributed by atoms with Crippen LogP contribution in [0.3, 0.4) is 0 Å². The predicted molar refractivity (Wildman–Crippen MR) is 83.4 cm³/mol. The van der Waals surface area contributed by atoms with E-state index in [1.165, 1.54) is 0 Å². The van der Waals surface area contributed by atoms with Crippen LogP contribution in [0, 0.1) is 0 Å². The van der Waals surface area contributed by atoms with E-state index < -0.39 is 0 Å². The zero-order chi connectivity index (χ0) is 15.1. The van der Waals surface area contributed by atoms with Crippen LogP contribution in [0.1, 0.15) is 43.0 Å². The second-order valence-corrected chi connectivity index (χ2v) is 5.13. The first-order valence-electron chi connectivity index (χ1n) is 7.16. The molecule has 0 bridgehead atoms. The van der Waals surface area contributed by atoms with Crippen LogP contribution in [0.5, 0.6) is 0 Å². The lowest BCUT2D eigenvalue weighted by Gasteiger charge is -2.16. The number of carbonyl (C=O) groups excluding carboxylic acids is 1. The van der Waals surface area contributed by atoms with Gasteiger partial charge >= 0.3 is 0 Å². The van der Waals surface area contributed by atoms with E-state index in [9.17, 15) is 4.79 Å². The number of nitrogens with two attached hydrogens (primary N) is 1. The van der Waals surface area contributed by atoms with Gasteiger partial charge in [-0.25, -0.2) is 0 Å². The van der Waals surface area contributed by atoms with E-state index in [0.29, 0.717) is 12.8 Å². The van der Waals surface area contributed by atoms with Crippen molar-refractivity contribution in [3.8, 4) is 0 Å². The topological polar surface area (TPSA) is 68.0 Å². The van der Waals surface area contributed by atoms with Gasteiger partial charge in [-0.1, -0.05) is 30.3 Å². The molecule has 0 fully saturated rings. The molecule has 0 aliphatic heterocycles. The van der Waals surface area contributed by atoms with Gasteiger partial charge in [0.15, 0.2) is 0 Å². The minimum atomic E-state index is -0.104. The molecular weight excluding hydrogens is 262 g/mol. The molecule has 110 valence electrons. The Morgan fingerprint density at radius 1 is 1.14 bits per heavy atom. The van der Waals surface area contributed by atoms with Crippen molar-refractivity contribution in [1.29, 1.82) is 0 Å². The van der Waals surface area contributed by atoms with Crippen molar-refractivity contribution in [3.05, 3.63) is 66.0 Å². The Hall–Kier alpha value is -2.20. The summed E-state index contributed by atoms with van der Waals surface area (Å²) in [7, 11) is 0. The first-order chi connectivity index (χ1) is 10.2. The second kappa shape index (κ2) is 7.55. The molecule has 3 N–H and O–H groups in total. The van der Waals surface area contributed by atoms with Crippen LogP contribution in [0.2, 0.25) is 0 Å². The summed E-state index contributed by atoms with van der Waals surface area (Å²) < 4.78 is 0. The lowest BCUT2D eigenvalue weighted by Crippen LogP contribution is -2.27. The fourth-order valence-corrected chi connectivity index (χ4v) is 2.20. The molecule has 4 heteroatoms. The van der Waals surface area contributed by atoms with Crippen LogP contribution in [-0.2, 0) is 4.79 Å². The molecule has 0 saturated carbocycles. The molecule has 21 heavy (non-hydrogen) atoms. The highest BCUT2D eigenvalue weighted by Gasteiger charge is 2.12. The molecule has 0 aliphatic rings. The Kier molecular flexibility index (Phi) is 5.46. The number of benzene rings is 1. The van der Waals surface area contributed by atoms with Crippen molar-refractivity contribution in [1.82, 2.24) is 10.3 Å². The van der Waals surface area contributed by atoms with Gasteiger partial charge < -0.3 is 11.1 Å². The number of amides is 1. The average molecular weight is 283 g/mol. The molecule has 1 aromatic heterocycles. The SMILES string of the molecule is C[C@@H](NC(=O)CCC(N)c1ccccc1)c1ccncc1. The van der Waals surface area contributed by atoms with Gasteiger partial charge in [0.1, 0.15) is 0 Å². The molecule has 1 amide bonds. The molecule has 2 atom stereocenters. The Labute approximate surface area is 125 Å². The highest BCUT2D eigenvalue weighted by molar-refractivity contribution is 5.76. The number of hydrogen-bond acceptors (Lipinski definition) is 3. The maximum Gasteiger partial charge on any atom is 0.220 e. The van der Waals surface area contributed by atoms with E-state index >= 15 is 0 Å². The fourth-order valence-electron chi connectivity index (χ4n) is 2.20. The highest BCUT2D eigenvalue weighted by atomic mass is 16.1. The number of nitrogens with zero attached hydrogens (tertiary/aromatic N) is 1. The first-order valence-corrected chi connectivity index (χ1v) is 7.16. The van der Waals surface area contributed by atoms with Crippen LogP contribution >= 0.6 is 0 Å². The number of aromatic nitrogens is 1. The van der Waals surface area contributed by atoms with Gasteiger partial charge in [-0.2, -0.15) is 0 Å². The van der Waals surface area contributed by atoms with Crippen molar-refractivity contribution in [2.45, 2.75) is 31.8 Å². The van der Waals surface area contributed by atoms with Crippen molar-refractivity contribution in [2.24, 2.45) is 5.73 Å². The lowest BCUT2D eigenvalue weighted by molar-refractivity contribution is -0.121. The van der Waals surface area contributed by atoms with Crippen LogP contribution < -0.4 is 11.1 Å². The smallest absolute Gasteiger partial charge is 0.220 e. The summed E-state index contributed by atoms with van der Waals surface area (Å²) in [6, 6.07) is 13.5. The maximum atomic E-state index is 12.0. The van der Waals surface area contributed by atoms with Gasteiger partial charge in [0, 0.05) is 24.9 Å². The van der Waals surface area contributed by atoms with Gasteiger partial charge in [-0.05, 0) is 36.6 Å². The Balaban J connectivity index is 1.80. The normalized spacial score (nSPS) is 13.4. The summed E-state index contributed by atoms with van der Waals surface area (Å²) >= 11 is 0. The van der Waals surface area contributed by atoms with Crippen LogP contribution in [-0.4, -0.2) is 10.9 Å². The third-order valence-electron chi connectivity index (χ3n) is 3.49. The van der Waals surface area contributed by atoms with E-state index in [4.69, 9.17) is 5.73 Å². The first kappa shape index (κ1) is 15.2. The minimum Gasteiger partial charge on any atom is -0.350 e. The molecule has 1 aromatic carbocycles. The molecule has 0 saturated heterocycles. The molecule has 4 nitrogen and oxygen atoms in total. The number of hydrogen-bond donors (Lipinski definition) is 2. The van der Waals surface area contributed by atoms with Gasteiger partial charge in [0.25, 0.3) is 0 Å². The van der Waals surface area contributed by atoms with Crippen molar-refractivity contribution >= 4 is 5.91 Å². The van der Waals surface area contributed by atoms with Crippen LogP contribution in [0.25, 0.3) is 0 Å². The zero-order valence-electron chi connectivity index (χ0n) is 12.2. The maximum absolute atomic E-state index is 12.0. The second-order valence-electron chi connectivity index (χ2n) is 5.13. The zero-order valence-corrected chi connectivity index (χ0v) is 12.2. The van der Waals surface area contributed by atoms with Crippen molar-refractivity contribution in [3.63, 3.8) is 0 Å². The molecule has 1 unspecified atom stereocenters. The van der Waals surface area contributed by atoms with Crippen LogP contribution in [0.4, 0.5) is 0 Å². The summed E-state index contributed by atoms with van der Waals surface area (Å²) in [5.74, 6) is 0.0192. The number of rotatable bonds is 6. The highest BCUT2D eigenvalue weighted by Crippen LogP contribution is 2.16. The van der Waals surface area contributed by atoms with Gasteiger partial charge in [0.05, 0.1) is 6.04 Å². The van der Waals surface area contributed by atoms with E-state index in [1.807, 2.05) is 49.4 Å². The molecule has 1 heterocycles. The number of carbonyl (C=O) groups is 1. The van der Waals surface area contributed by atoms with Gasteiger partial charge in [-0.15, -0.1) is 0 Å².